The molecule has 1 rings (SSSR count). The fourth-order valence-corrected chi connectivity index (χ4v) is 2.44. The van der Waals surface area contributed by atoms with Gasteiger partial charge in [0.15, 0.2) is 0 Å². The van der Waals surface area contributed by atoms with Crippen molar-refractivity contribution in [3.05, 3.63) is 34.6 Å². The normalized spacial score (nSPS) is 15.0. The van der Waals surface area contributed by atoms with E-state index in [9.17, 15) is 4.39 Å². The van der Waals surface area contributed by atoms with E-state index in [4.69, 9.17) is 17.3 Å². The van der Waals surface area contributed by atoms with Crippen LogP contribution in [0.1, 0.15) is 24.9 Å². The van der Waals surface area contributed by atoms with Gasteiger partial charge in [0.1, 0.15) is 5.82 Å². The van der Waals surface area contributed by atoms with Crippen LogP contribution in [0.15, 0.2) is 18.2 Å². The zero-order chi connectivity index (χ0) is 13.0. The van der Waals surface area contributed by atoms with Gasteiger partial charge in [0, 0.05) is 16.6 Å². The number of halogens is 2. The van der Waals surface area contributed by atoms with Crippen molar-refractivity contribution in [2.24, 2.45) is 11.7 Å². The van der Waals surface area contributed by atoms with Crippen molar-refractivity contribution in [2.75, 3.05) is 20.6 Å². The highest BCUT2D eigenvalue weighted by Crippen LogP contribution is 2.32. The molecule has 0 saturated carbocycles. The summed E-state index contributed by atoms with van der Waals surface area (Å²) in [4.78, 5) is 2.01. The molecule has 2 nitrogen and oxygen atoms in total. The maximum atomic E-state index is 13.9. The number of nitrogens with two attached hydrogens (primary N) is 1. The molecular weight excluding hydrogens is 239 g/mol. The molecule has 1 aromatic rings. The minimum atomic E-state index is -0.211. The summed E-state index contributed by atoms with van der Waals surface area (Å²) in [5.41, 5.74) is 6.22. The van der Waals surface area contributed by atoms with Crippen LogP contribution < -0.4 is 5.73 Å². The third-order valence-electron chi connectivity index (χ3n) is 2.99. The van der Waals surface area contributed by atoms with Crippen LogP contribution in [-0.2, 0) is 0 Å². The van der Waals surface area contributed by atoms with E-state index >= 15 is 0 Å². The Hall–Kier alpha value is -0.640. The summed E-state index contributed by atoms with van der Waals surface area (Å²) < 4.78 is 13.9. The molecule has 1 aromatic carbocycles. The topological polar surface area (TPSA) is 29.3 Å². The Morgan fingerprint density at radius 2 is 2.06 bits per heavy atom. The number of hydrogen-bond donors (Lipinski definition) is 1. The highest BCUT2D eigenvalue weighted by molar-refractivity contribution is 6.30. The van der Waals surface area contributed by atoms with Crippen molar-refractivity contribution < 1.29 is 4.39 Å². The third-order valence-corrected chi connectivity index (χ3v) is 3.23. The Kier molecular flexibility index (Phi) is 5.37. The van der Waals surface area contributed by atoms with Gasteiger partial charge in [-0.3, -0.25) is 0 Å². The highest BCUT2D eigenvalue weighted by atomic mass is 35.5. The van der Waals surface area contributed by atoms with E-state index < -0.39 is 0 Å². The standard InChI is InChI=1S/C13H20ClFN2/c1-9(6-7-16)13(17(2)3)11-8-10(14)4-5-12(11)15/h4-5,8-9,13H,6-7,16H2,1-3H3. The minimum absolute atomic E-state index is 0.00255. The van der Waals surface area contributed by atoms with Crippen LogP contribution >= 0.6 is 11.6 Å². The molecule has 0 spiro atoms. The van der Waals surface area contributed by atoms with Gasteiger partial charge in [-0.05, 0) is 51.2 Å². The van der Waals surface area contributed by atoms with Crippen LogP contribution in [0.4, 0.5) is 4.39 Å². The molecule has 2 atom stereocenters. The number of hydrogen-bond acceptors (Lipinski definition) is 2. The fourth-order valence-electron chi connectivity index (χ4n) is 2.26. The first-order valence-electron chi connectivity index (χ1n) is 5.78. The monoisotopic (exact) mass is 258 g/mol. The highest BCUT2D eigenvalue weighted by Gasteiger charge is 2.24. The summed E-state index contributed by atoms with van der Waals surface area (Å²) in [5, 5.41) is 0.563. The van der Waals surface area contributed by atoms with E-state index in [1.807, 2.05) is 19.0 Å². The first-order chi connectivity index (χ1) is 7.97. The molecule has 0 aliphatic carbocycles. The van der Waals surface area contributed by atoms with Gasteiger partial charge in [0.25, 0.3) is 0 Å². The predicted octanol–water partition coefficient (Wildman–Crippen LogP) is 3.07. The zero-order valence-corrected chi connectivity index (χ0v) is 11.3. The zero-order valence-electron chi connectivity index (χ0n) is 10.6. The molecule has 0 amide bonds. The lowest BCUT2D eigenvalue weighted by atomic mass is 9.90. The SMILES string of the molecule is CC(CCN)C(c1cc(Cl)ccc1F)N(C)C. The molecule has 0 heterocycles. The smallest absolute Gasteiger partial charge is 0.128 e. The average Bonchev–Trinajstić information content (AvgIpc) is 2.23. The Labute approximate surface area is 108 Å². The van der Waals surface area contributed by atoms with Gasteiger partial charge in [-0.15, -0.1) is 0 Å². The molecule has 0 bridgehead atoms. The molecule has 0 aliphatic rings. The van der Waals surface area contributed by atoms with Crippen LogP contribution in [-0.4, -0.2) is 25.5 Å². The van der Waals surface area contributed by atoms with Crippen LogP contribution in [0.25, 0.3) is 0 Å². The van der Waals surface area contributed by atoms with Crippen molar-refractivity contribution in [3.63, 3.8) is 0 Å². The molecule has 17 heavy (non-hydrogen) atoms. The second-order valence-corrected chi connectivity index (χ2v) is 5.07. The summed E-state index contributed by atoms with van der Waals surface area (Å²) in [6.45, 7) is 2.69. The third kappa shape index (κ3) is 3.66. The van der Waals surface area contributed by atoms with Crippen LogP contribution in [0, 0.1) is 11.7 Å². The van der Waals surface area contributed by atoms with E-state index in [1.54, 1.807) is 12.1 Å². The van der Waals surface area contributed by atoms with Gasteiger partial charge in [0.2, 0.25) is 0 Å². The molecule has 0 radical (unpaired) electrons. The fraction of sp³-hybridized carbons (Fsp3) is 0.538. The lowest BCUT2D eigenvalue weighted by Gasteiger charge is -2.30. The van der Waals surface area contributed by atoms with E-state index in [-0.39, 0.29) is 17.8 Å². The minimum Gasteiger partial charge on any atom is -0.330 e. The quantitative estimate of drug-likeness (QED) is 0.880. The predicted molar refractivity (Wildman–Crippen MR) is 70.7 cm³/mol. The number of benzene rings is 1. The van der Waals surface area contributed by atoms with Crippen LogP contribution in [0.2, 0.25) is 5.02 Å². The van der Waals surface area contributed by atoms with E-state index in [2.05, 4.69) is 6.92 Å². The van der Waals surface area contributed by atoms with Gasteiger partial charge >= 0.3 is 0 Å². The molecular formula is C13H20ClFN2. The Balaban J connectivity index is 3.09. The molecule has 96 valence electrons. The summed E-state index contributed by atoms with van der Waals surface area (Å²) in [7, 11) is 3.88. The van der Waals surface area contributed by atoms with Crippen molar-refractivity contribution in [1.82, 2.24) is 4.90 Å². The van der Waals surface area contributed by atoms with E-state index in [1.165, 1.54) is 6.07 Å². The first-order valence-corrected chi connectivity index (χ1v) is 6.16. The maximum Gasteiger partial charge on any atom is 0.128 e. The lowest BCUT2D eigenvalue weighted by Crippen LogP contribution is -2.28. The van der Waals surface area contributed by atoms with Gasteiger partial charge in [-0.2, -0.15) is 0 Å². The van der Waals surface area contributed by atoms with Gasteiger partial charge in [0.05, 0.1) is 0 Å². The summed E-state index contributed by atoms with van der Waals surface area (Å²) in [5.74, 6) is 0.0694. The molecule has 0 aliphatic heterocycles. The summed E-state index contributed by atoms with van der Waals surface area (Å²) in [6.07, 6.45) is 0.856. The largest absolute Gasteiger partial charge is 0.330 e. The Morgan fingerprint density at radius 3 is 2.59 bits per heavy atom. The molecule has 0 fully saturated rings. The average molecular weight is 259 g/mol. The second kappa shape index (κ2) is 6.34. The molecule has 4 heteroatoms. The Morgan fingerprint density at radius 1 is 1.41 bits per heavy atom. The second-order valence-electron chi connectivity index (χ2n) is 4.63. The molecule has 2 unspecified atom stereocenters. The Bertz CT molecular complexity index is 368. The maximum absolute atomic E-state index is 13.9. The lowest BCUT2D eigenvalue weighted by molar-refractivity contribution is 0.211. The van der Waals surface area contributed by atoms with Crippen LogP contribution in [0.5, 0.6) is 0 Å². The molecule has 0 aromatic heterocycles. The number of rotatable bonds is 5. The van der Waals surface area contributed by atoms with Crippen LogP contribution in [0.3, 0.4) is 0 Å². The van der Waals surface area contributed by atoms with E-state index in [0.29, 0.717) is 17.1 Å². The van der Waals surface area contributed by atoms with Crippen molar-refractivity contribution >= 4 is 11.6 Å². The van der Waals surface area contributed by atoms with Gasteiger partial charge < -0.3 is 10.6 Å². The summed E-state index contributed by atoms with van der Waals surface area (Å²) >= 11 is 5.94. The van der Waals surface area contributed by atoms with Crippen molar-refractivity contribution in [1.29, 1.82) is 0 Å². The molecule has 0 saturated heterocycles. The first kappa shape index (κ1) is 14.4. The van der Waals surface area contributed by atoms with Gasteiger partial charge in [-0.1, -0.05) is 18.5 Å². The summed E-state index contributed by atoms with van der Waals surface area (Å²) in [6, 6.07) is 4.69. The van der Waals surface area contributed by atoms with Gasteiger partial charge in [-0.25, -0.2) is 4.39 Å². The van der Waals surface area contributed by atoms with Crippen molar-refractivity contribution in [2.45, 2.75) is 19.4 Å². The van der Waals surface area contributed by atoms with E-state index in [0.717, 1.165) is 6.42 Å². The molecule has 2 N–H and O–H groups in total. The van der Waals surface area contributed by atoms with Crippen molar-refractivity contribution in [3.8, 4) is 0 Å². The number of nitrogens with zero attached hydrogens (tertiary/aromatic N) is 1.